The molecular weight excluding hydrogens is 349 g/mol. The molecule has 0 saturated heterocycles. The fourth-order valence-electron chi connectivity index (χ4n) is 2.43. The number of amides is 1. The van der Waals surface area contributed by atoms with Gasteiger partial charge in [0, 0.05) is 11.5 Å². The van der Waals surface area contributed by atoms with E-state index in [4.69, 9.17) is 4.74 Å². The van der Waals surface area contributed by atoms with E-state index >= 15 is 0 Å². The number of nitrogens with one attached hydrogen (secondary N) is 1. The minimum absolute atomic E-state index is 0.154. The van der Waals surface area contributed by atoms with E-state index in [9.17, 15) is 18.0 Å². The normalized spacial score (nSPS) is 11.5. The molecule has 136 valence electrons. The summed E-state index contributed by atoms with van der Waals surface area (Å²) in [5.41, 5.74) is -0.203. The second-order valence-electron chi connectivity index (χ2n) is 5.42. The van der Waals surface area contributed by atoms with Crippen LogP contribution in [0, 0.1) is 0 Å². The molecular formula is C17H15F3N4O2. The molecule has 0 aliphatic rings. The van der Waals surface area contributed by atoms with E-state index in [1.807, 2.05) is 12.1 Å². The molecule has 6 nitrogen and oxygen atoms in total. The molecule has 0 unspecified atom stereocenters. The van der Waals surface area contributed by atoms with Crippen LogP contribution in [0.5, 0.6) is 5.88 Å². The molecule has 1 N–H and O–H groups in total. The third-order valence-corrected chi connectivity index (χ3v) is 3.53. The molecule has 0 atom stereocenters. The van der Waals surface area contributed by atoms with E-state index in [0.29, 0.717) is 0 Å². The number of pyridine rings is 1. The van der Waals surface area contributed by atoms with Gasteiger partial charge >= 0.3 is 6.18 Å². The topological polar surface area (TPSA) is 69.0 Å². The van der Waals surface area contributed by atoms with Gasteiger partial charge < -0.3 is 10.1 Å². The van der Waals surface area contributed by atoms with Gasteiger partial charge in [0.25, 0.3) is 0 Å². The number of alkyl halides is 3. The van der Waals surface area contributed by atoms with Crippen LogP contribution in [-0.2, 0) is 17.5 Å². The molecule has 2 heterocycles. The van der Waals surface area contributed by atoms with E-state index in [0.717, 1.165) is 23.0 Å². The zero-order valence-corrected chi connectivity index (χ0v) is 13.7. The predicted molar refractivity (Wildman–Crippen MR) is 88.8 cm³/mol. The maximum atomic E-state index is 13.0. The van der Waals surface area contributed by atoms with Gasteiger partial charge in [-0.2, -0.15) is 23.3 Å². The lowest BCUT2D eigenvalue weighted by molar-refractivity contribution is -0.137. The van der Waals surface area contributed by atoms with Crippen molar-refractivity contribution in [2.45, 2.75) is 19.6 Å². The minimum atomic E-state index is -4.58. The Morgan fingerprint density at radius 2 is 2.04 bits per heavy atom. The van der Waals surface area contributed by atoms with Crippen LogP contribution in [0.1, 0.15) is 12.5 Å². The molecule has 26 heavy (non-hydrogen) atoms. The lowest BCUT2D eigenvalue weighted by Gasteiger charge is -2.12. The molecule has 0 aliphatic heterocycles. The maximum absolute atomic E-state index is 13.0. The van der Waals surface area contributed by atoms with Crippen LogP contribution in [-0.4, -0.2) is 27.3 Å². The summed E-state index contributed by atoms with van der Waals surface area (Å²) in [5.74, 6) is -0.986. The monoisotopic (exact) mass is 364 g/mol. The van der Waals surface area contributed by atoms with Crippen LogP contribution in [0.25, 0.3) is 10.9 Å². The number of ether oxygens (including phenoxy) is 1. The Hall–Kier alpha value is -3.10. The summed E-state index contributed by atoms with van der Waals surface area (Å²) in [6.07, 6.45) is -2.97. The zero-order chi connectivity index (χ0) is 18.7. The van der Waals surface area contributed by atoms with Crippen molar-refractivity contribution in [3.05, 3.63) is 48.2 Å². The fraction of sp³-hybridized carbons (Fsp3) is 0.235. The van der Waals surface area contributed by atoms with Crippen molar-refractivity contribution in [3.8, 4) is 5.88 Å². The number of hydrogen-bond acceptors (Lipinski definition) is 4. The Morgan fingerprint density at radius 1 is 1.27 bits per heavy atom. The SMILES string of the molecule is CCOc1cc(C(F)(F)F)cc(NC(=O)Cn2ncc3ccccc32)n1. The van der Waals surface area contributed by atoms with Crippen LogP contribution in [0.3, 0.4) is 0 Å². The maximum Gasteiger partial charge on any atom is 0.416 e. The molecule has 0 fully saturated rings. The summed E-state index contributed by atoms with van der Waals surface area (Å²) in [6.45, 7) is 1.62. The molecule has 0 bridgehead atoms. The molecule has 2 aromatic heterocycles. The summed E-state index contributed by atoms with van der Waals surface area (Å²) in [7, 11) is 0. The number of benzene rings is 1. The quantitative estimate of drug-likeness (QED) is 0.753. The van der Waals surface area contributed by atoms with Crippen LogP contribution in [0.4, 0.5) is 19.0 Å². The number of nitrogens with zero attached hydrogens (tertiary/aromatic N) is 3. The standard InChI is InChI=1S/C17H15F3N4O2/c1-2-26-16-8-12(17(18,19)20)7-14(23-16)22-15(25)10-24-13-6-4-3-5-11(13)9-21-24/h3-9H,2,10H2,1H3,(H,22,23,25). The lowest BCUT2D eigenvalue weighted by atomic mass is 10.2. The van der Waals surface area contributed by atoms with Crippen molar-refractivity contribution in [3.63, 3.8) is 0 Å². The smallest absolute Gasteiger partial charge is 0.416 e. The molecule has 1 amide bonds. The van der Waals surface area contributed by atoms with Gasteiger partial charge in [-0.15, -0.1) is 0 Å². The molecule has 9 heteroatoms. The highest BCUT2D eigenvalue weighted by Gasteiger charge is 2.32. The van der Waals surface area contributed by atoms with E-state index in [2.05, 4.69) is 15.4 Å². The van der Waals surface area contributed by atoms with Gasteiger partial charge in [0.1, 0.15) is 12.4 Å². The first-order chi connectivity index (χ1) is 12.4. The van der Waals surface area contributed by atoms with Gasteiger partial charge in [-0.3, -0.25) is 9.48 Å². The summed E-state index contributed by atoms with van der Waals surface area (Å²) >= 11 is 0. The number of hydrogen-bond donors (Lipinski definition) is 1. The number of para-hydroxylation sites is 1. The third-order valence-electron chi connectivity index (χ3n) is 3.53. The summed E-state index contributed by atoms with van der Waals surface area (Å²) < 4.78 is 45.5. The van der Waals surface area contributed by atoms with Crippen molar-refractivity contribution in [2.24, 2.45) is 0 Å². The zero-order valence-electron chi connectivity index (χ0n) is 13.7. The highest BCUT2D eigenvalue weighted by Crippen LogP contribution is 2.32. The molecule has 3 aromatic rings. The highest BCUT2D eigenvalue weighted by molar-refractivity contribution is 5.91. The molecule has 1 aromatic carbocycles. The van der Waals surface area contributed by atoms with Crippen molar-refractivity contribution in [1.82, 2.24) is 14.8 Å². The number of fused-ring (bicyclic) bond motifs is 1. The molecule has 0 spiro atoms. The van der Waals surface area contributed by atoms with E-state index in [1.165, 1.54) is 4.68 Å². The number of carbonyl (C=O) groups excluding carboxylic acids is 1. The van der Waals surface area contributed by atoms with Crippen LogP contribution in [0.15, 0.2) is 42.6 Å². The van der Waals surface area contributed by atoms with Crippen molar-refractivity contribution in [1.29, 1.82) is 0 Å². The Morgan fingerprint density at radius 3 is 2.77 bits per heavy atom. The largest absolute Gasteiger partial charge is 0.478 e. The Labute approximate surface area is 146 Å². The predicted octanol–water partition coefficient (Wildman–Crippen LogP) is 3.49. The van der Waals surface area contributed by atoms with Crippen LogP contribution < -0.4 is 10.1 Å². The number of anilines is 1. The number of halogens is 3. The highest BCUT2D eigenvalue weighted by atomic mass is 19.4. The first kappa shape index (κ1) is 17.7. The van der Waals surface area contributed by atoms with Crippen molar-refractivity contribution in [2.75, 3.05) is 11.9 Å². The van der Waals surface area contributed by atoms with E-state index in [1.54, 1.807) is 25.3 Å². The molecule has 3 rings (SSSR count). The lowest BCUT2D eigenvalue weighted by Crippen LogP contribution is -2.20. The van der Waals surface area contributed by atoms with Crippen LogP contribution >= 0.6 is 0 Å². The van der Waals surface area contributed by atoms with Gasteiger partial charge in [0.05, 0.1) is 23.9 Å². The van der Waals surface area contributed by atoms with Gasteiger partial charge in [-0.25, -0.2) is 0 Å². The van der Waals surface area contributed by atoms with Crippen molar-refractivity contribution >= 4 is 22.6 Å². The second-order valence-corrected chi connectivity index (χ2v) is 5.42. The Balaban J connectivity index is 1.81. The summed E-state index contributed by atoms with van der Waals surface area (Å²) in [6, 6.07) is 8.85. The summed E-state index contributed by atoms with van der Waals surface area (Å²) in [4.78, 5) is 16.1. The van der Waals surface area contributed by atoms with Crippen LogP contribution in [0.2, 0.25) is 0 Å². The first-order valence-corrected chi connectivity index (χ1v) is 7.79. The average Bonchev–Trinajstić information content (AvgIpc) is 2.97. The Kier molecular flexibility index (Phi) is 4.79. The fourth-order valence-corrected chi connectivity index (χ4v) is 2.43. The molecule has 0 aliphatic carbocycles. The number of rotatable bonds is 5. The molecule has 0 radical (unpaired) electrons. The van der Waals surface area contributed by atoms with Crippen molar-refractivity contribution < 1.29 is 22.7 Å². The van der Waals surface area contributed by atoms with Gasteiger partial charge in [-0.05, 0) is 19.1 Å². The van der Waals surface area contributed by atoms with E-state index < -0.39 is 17.6 Å². The van der Waals surface area contributed by atoms with Gasteiger partial charge in [-0.1, -0.05) is 18.2 Å². The van der Waals surface area contributed by atoms with Gasteiger partial charge in [0.15, 0.2) is 0 Å². The number of aromatic nitrogens is 3. The Bertz CT molecular complexity index is 937. The minimum Gasteiger partial charge on any atom is -0.478 e. The number of carbonyl (C=O) groups is 1. The van der Waals surface area contributed by atoms with Gasteiger partial charge in [0.2, 0.25) is 11.8 Å². The van der Waals surface area contributed by atoms with E-state index in [-0.39, 0.29) is 24.8 Å². The first-order valence-electron chi connectivity index (χ1n) is 7.79. The second kappa shape index (κ2) is 7.03. The third kappa shape index (κ3) is 3.93. The summed E-state index contributed by atoms with van der Waals surface area (Å²) in [5, 5.41) is 7.33. The average molecular weight is 364 g/mol. The molecule has 0 saturated carbocycles.